The van der Waals surface area contributed by atoms with Crippen LogP contribution in [0, 0.1) is 0 Å². The molecular formula is C43H25N3OS. The van der Waals surface area contributed by atoms with Gasteiger partial charge in [0.15, 0.2) is 17.5 Å². The van der Waals surface area contributed by atoms with E-state index in [2.05, 4.69) is 91.0 Å². The molecule has 4 nitrogen and oxygen atoms in total. The van der Waals surface area contributed by atoms with E-state index in [1.165, 1.54) is 20.2 Å². The number of benzene rings is 7. The second-order valence-electron chi connectivity index (χ2n) is 12.0. The molecule has 0 aliphatic rings. The second kappa shape index (κ2) is 10.7. The van der Waals surface area contributed by atoms with E-state index in [0.29, 0.717) is 17.5 Å². The number of hydrogen-bond acceptors (Lipinski definition) is 5. The van der Waals surface area contributed by atoms with Crippen molar-refractivity contribution in [1.29, 1.82) is 0 Å². The summed E-state index contributed by atoms with van der Waals surface area (Å²) >= 11 is 1.82. The van der Waals surface area contributed by atoms with Gasteiger partial charge in [0.25, 0.3) is 0 Å². The minimum atomic E-state index is 0.607. The van der Waals surface area contributed by atoms with E-state index in [1.54, 1.807) is 0 Å². The molecular weight excluding hydrogens is 607 g/mol. The topological polar surface area (TPSA) is 51.8 Å². The van der Waals surface area contributed by atoms with Crippen LogP contribution >= 0.6 is 11.3 Å². The van der Waals surface area contributed by atoms with Crippen LogP contribution in [0.4, 0.5) is 0 Å². The van der Waals surface area contributed by atoms with Crippen LogP contribution in [0.5, 0.6) is 0 Å². The highest BCUT2D eigenvalue weighted by atomic mass is 32.1. The van der Waals surface area contributed by atoms with Crippen molar-refractivity contribution in [2.24, 2.45) is 0 Å². The largest absolute Gasteiger partial charge is 0.456 e. The number of furan rings is 1. The zero-order chi connectivity index (χ0) is 31.6. The van der Waals surface area contributed by atoms with Crippen molar-refractivity contribution in [3.8, 4) is 45.3 Å². The Morgan fingerprint density at radius 3 is 1.79 bits per heavy atom. The van der Waals surface area contributed by atoms with Crippen LogP contribution in [-0.2, 0) is 0 Å². The summed E-state index contributed by atoms with van der Waals surface area (Å²) in [6.07, 6.45) is 0. The van der Waals surface area contributed by atoms with Crippen molar-refractivity contribution in [1.82, 2.24) is 15.0 Å². The molecule has 3 aromatic heterocycles. The molecule has 0 saturated carbocycles. The first-order chi connectivity index (χ1) is 23.8. The van der Waals surface area contributed by atoms with Crippen LogP contribution in [0.3, 0.4) is 0 Å². The van der Waals surface area contributed by atoms with Gasteiger partial charge in [0.2, 0.25) is 0 Å². The zero-order valence-electron chi connectivity index (χ0n) is 25.6. The molecule has 0 N–H and O–H groups in total. The Kier molecular flexibility index (Phi) is 6.01. The molecule has 5 heteroatoms. The maximum Gasteiger partial charge on any atom is 0.165 e. The number of rotatable bonds is 4. The van der Waals surface area contributed by atoms with E-state index in [1.807, 2.05) is 72.0 Å². The highest BCUT2D eigenvalue weighted by molar-refractivity contribution is 7.25. The summed E-state index contributed by atoms with van der Waals surface area (Å²) in [5, 5.41) is 6.80. The zero-order valence-corrected chi connectivity index (χ0v) is 26.4. The van der Waals surface area contributed by atoms with Crippen LogP contribution in [0.15, 0.2) is 156 Å². The first-order valence-corrected chi connectivity index (χ1v) is 16.8. The number of thiophene rings is 1. The Morgan fingerprint density at radius 2 is 1.04 bits per heavy atom. The summed E-state index contributed by atoms with van der Waals surface area (Å²) in [6, 6.07) is 52.6. The summed E-state index contributed by atoms with van der Waals surface area (Å²) in [6.45, 7) is 0. The molecule has 0 fully saturated rings. The van der Waals surface area contributed by atoms with Gasteiger partial charge < -0.3 is 4.42 Å². The van der Waals surface area contributed by atoms with Gasteiger partial charge in [-0.3, -0.25) is 0 Å². The van der Waals surface area contributed by atoms with E-state index >= 15 is 0 Å². The SMILES string of the molecule is c1ccc(-c2nc(-c3ccccc3)nc(-c3c(-c4cccc5sc6ccccc6c45)ccc4oc5cc6ccccc6cc5c34)n2)cc1. The molecule has 48 heavy (non-hydrogen) atoms. The lowest BCUT2D eigenvalue weighted by atomic mass is 9.91. The fraction of sp³-hybridized carbons (Fsp3) is 0. The van der Waals surface area contributed by atoms with Gasteiger partial charge in [-0.2, -0.15) is 0 Å². The average Bonchev–Trinajstić information content (AvgIpc) is 3.72. The summed E-state index contributed by atoms with van der Waals surface area (Å²) < 4.78 is 9.13. The second-order valence-corrected chi connectivity index (χ2v) is 13.1. The molecule has 3 heterocycles. The highest BCUT2D eigenvalue weighted by Gasteiger charge is 2.24. The summed E-state index contributed by atoms with van der Waals surface area (Å²) in [5.41, 5.74) is 6.62. The van der Waals surface area contributed by atoms with Crippen LogP contribution < -0.4 is 0 Å². The minimum absolute atomic E-state index is 0.607. The van der Waals surface area contributed by atoms with Crippen molar-refractivity contribution in [2.75, 3.05) is 0 Å². The molecule has 7 aromatic carbocycles. The van der Waals surface area contributed by atoms with E-state index in [9.17, 15) is 0 Å². The lowest BCUT2D eigenvalue weighted by Crippen LogP contribution is -2.01. The maximum atomic E-state index is 6.62. The van der Waals surface area contributed by atoms with Gasteiger partial charge in [0, 0.05) is 47.6 Å². The van der Waals surface area contributed by atoms with Crippen molar-refractivity contribution >= 4 is 64.2 Å². The third kappa shape index (κ3) is 4.25. The molecule has 0 radical (unpaired) electrons. The van der Waals surface area contributed by atoms with E-state index in [-0.39, 0.29) is 0 Å². The average molecular weight is 632 g/mol. The van der Waals surface area contributed by atoms with Gasteiger partial charge in [-0.1, -0.05) is 115 Å². The predicted octanol–water partition coefficient (Wildman–Crippen LogP) is 12.0. The maximum absolute atomic E-state index is 6.62. The molecule has 0 bridgehead atoms. The molecule has 0 amide bonds. The molecule has 0 aliphatic heterocycles. The third-order valence-electron chi connectivity index (χ3n) is 9.12. The Labute approximate surface area is 279 Å². The van der Waals surface area contributed by atoms with Gasteiger partial charge in [-0.05, 0) is 58.3 Å². The molecule has 0 spiro atoms. The van der Waals surface area contributed by atoms with Gasteiger partial charge in [0.1, 0.15) is 11.2 Å². The molecule has 224 valence electrons. The Bertz CT molecular complexity index is 2780. The van der Waals surface area contributed by atoms with Crippen LogP contribution in [0.25, 0.3) is 98.2 Å². The summed E-state index contributed by atoms with van der Waals surface area (Å²) in [5.74, 6) is 1.86. The number of hydrogen-bond donors (Lipinski definition) is 0. The van der Waals surface area contributed by atoms with Crippen molar-refractivity contribution in [3.05, 3.63) is 152 Å². The lowest BCUT2D eigenvalue weighted by Gasteiger charge is -2.14. The summed E-state index contributed by atoms with van der Waals surface area (Å²) in [7, 11) is 0. The van der Waals surface area contributed by atoms with E-state index < -0.39 is 0 Å². The Balaban J connectivity index is 1.37. The number of nitrogens with zero attached hydrogens (tertiary/aromatic N) is 3. The fourth-order valence-corrected chi connectivity index (χ4v) is 8.06. The minimum Gasteiger partial charge on any atom is -0.456 e. The quantitative estimate of drug-likeness (QED) is 0.194. The molecule has 0 unspecified atom stereocenters. The molecule has 10 rings (SSSR count). The lowest BCUT2D eigenvalue weighted by molar-refractivity contribution is 0.669. The first-order valence-electron chi connectivity index (χ1n) is 15.9. The van der Waals surface area contributed by atoms with Crippen LogP contribution in [0.1, 0.15) is 0 Å². The van der Waals surface area contributed by atoms with Gasteiger partial charge >= 0.3 is 0 Å². The van der Waals surface area contributed by atoms with Crippen LogP contribution in [-0.4, -0.2) is 15.0 Å². The van der Waals surface area contributed by atoms with E-state index in [0.717, 1.165) is 60.5 Å². The van der Waals surface area contributed by atoms with Gasteiger partial charge in [0.05, 0.1) is 0 Å². The fourth-order valence-electron chi connectivity index (χ4n) is 6.93. The first kappa shape index (κ1) is 27.0. The monoisotopic (exact) mass is 631 g/mol. The molecule has 0 aliphatic carbocycles. The van der Waals surface area contributed by atoms with Crippen molar-refractivity contribution in [3.63, 3.8) is 0 Å². The molecule has 10 aromatic rings. The van der Waals surface area contributed by atoms with Gasteiger partial charge in [-0.15, -0.1) is 11.3 Å². The smallest absolute Gasteiger partial charge is 0.165 e. The Morgan fingerprint density at radius 1 is 0.417 bits per heavy atom. The number of aromatic nitrogens is 3. The standard InChI is InChI=1S/C43H25N3OS/c1-3-12-26(13-4-1)41-44-42(27-14-5-2-6-15-27)46-43(45-41)40-31(30-19-11-21-37-38(30)32-18-9-10-20-36(32)48-37)22-23-34-39(40)33-24-28-16-7-8-17-29(28)25-35(33)47-34/h1-25H. The third-order valence-corrected chi connectivity index (χ3v) is 10.3. The van der Waals surface area contributed by atoms with Gasteiger partial charge in [-0.25, -0.2) is 15.0 Å². The normalized spacial score (nSPS) is 11.8. The van der Waals surface area contributed by atoms with Crippen molar-refractivity contribution in [2.45, 2.75) is 0 Å². The molecule has 0 saturated heterocycles. The predicted molar refractivity (Wildman–Crippen MR) is 199 cm³/mol. The molecule has 0 atom stereocenters. The van der Waals surface area contributed by atoms with Crippen LogP contribution in [0.2, 0.25) is 0 Å². The number of fused-ring (bicyclic) bond motifs is 7. The highest BCUT2D eigenvalue weighted by Crippen LogP contribution is 2.47. The van der Waals surface area contributed by atoms with E-state index in [4.69, 9.17) is 19.4 Å². The summed E-state index contributed by atoms with van der Waals surface area (Å²) in [4.78, 5) is 15.5. The van der Waals surface area contributed by atoms with Crippen molar-refractivity contribution < 1.29 is 4.42 Å². The Hall–Kier alpha value is -6.17.